The zero-order valence-electron chi connectivity index (χ0n) is 20.9. The van der Waals surface area contributed by atoms with Gasteiger partial charge < -0.3 is 10.2 Å². The van der Waals surface area contributed by atoms with E-state index in [2.05, 4.69) is 27.9 Å². The predicted octanol–water partition coefficient (Wildman–Crippen LogP) is 5.74. The first-order valence-electron chi connectivity index (χ1n) is 11.9. The third kappa shape index (κ3) is 7.40. The Morgan fingerprint density at radius 3 is 2.21 bits per heavy atom. The highest BCUT2D eigenvalue weighted by atomic mass is 127. The zero-order valence-corrected chi connectivity index (χ0v) is 25.4. The van der Waals surface area contributed by atoms with Gasteiger partial charge in [-0.2, -0.15) is 0 Å². The molecule has 0 saturated heterocycles. The fourth-order valence-corrected chi connectivity index (χ4v) is 6.16. The average molecular weight is 688 g/mol. The molecule has 38 heavy (non-hydrogen) atoms. The monoisotopic (exact) mass is 687 g/mol. The van der Waals surface area contributed by atoms with Crippen LogP contribution in [0.25, 0.3) is 0 Å². The summed E-state index contributed by atoms with van der Waals surface area (Å²) in [4.78, 5) is 28.3. The molecule has 0 bridgehead atoms. The molecule has 0 aromatic heterocycles. The van der Waals surface area contributed by atoms with Gasteiger partial charge >= 0.3 is 0 Å². The van der Waals surface area contributed by atoms with Crippen LogP contribution < -0.4 is 9.62 Å². The quantitative estimate of drug-likeness (QED) is 0.261. The smallest absolute Gasteiger partial charge is 0.264 e. The lowest BCUT2D eigenvalue weighted by molar-refractivity contribution is -0.140. The summed E-state index contributed by atoms with van der Waals surface area (Å²) in [6.07, 6.45) is 0.317. The molecule has 3 aromatic rings. The molecule has 1 N–H and O–H groups in total. The highest BCUT2D eigenvalue weighted by molar-refractivity contribution is 14.1. The largest absolute Gasteiger partial charge is 0.355 e. The van der Waals surface area contributed by atoms with Crippen molar-refractivity contribution in [3.8, 4) is 0 Å². The molecule has 0 heterocycles. The van der Waals surface area contributed by atoms with Crippen LogP contribution in [-0.2, 0) is 26.2 Å². The fourth-order valence-electron chi connectivity index (χ4n) is 3.90. The predicted molar refractivity (Wildman–Crippen MR) is 160 cm³/mol. The van der Waals surface area contributed by atoms with E-state index in [1.165, 1.54) is 17.0 Å². The van der Waals surface area contributed by atoms with Gasteiger partial charge in [0.1, 0.15) is 12.6 Å². The summed E-state index contributed by atoms with van der Waals surface area (Å²) in [5.41, 5.74) is 0.914. The van der Waals surface area contributed by atoms with Crippen LogP contribution in [-0.4, -0.2) is 44.3 Å². The van der Waals surface area contributed by atoms with E-state index >= 15 is 0 Å². The topological polar surface area (TPSA) is 86.8 Å². The molecule has 0 spiro atoms. The van der Waals surface area contributed by atoms with E-state index in [1.54, 1.807) is 74.5 Å². The van der Waals surface area contributed by atoms with E-state index in [0.717, 1.165) is 7.88 Å². The van der Waals surface area contributed by atoms with Crippen LogP contribution in [0.15, 0.2) is 77.7 Å². The molecule has 3 aromatic carbocycles. The van der Waals surface area contributed by atoms with E-state index in [9.17, 15) is 18.0 Å². The summed E-state index contributed by atoms with van der Waals surface area (Å²) in [6.45, 7) is 3.45. The summed E-state index contributed by atoms with van der Waals surface area (Å²) in [7, 11) is -4.11. The number of nitrogens with one attached hydrogen (secondary N) is 1. The normalized spacial score (nSPS) is 12.0. The minimum Gasteiger partial charge on any atom is -0.355 e. The molecule has 7 nitrogen and oxygen atoms in total. The summed E-state index contributed by atoms with van der Waals surface area (Å²) < 4.78 is 29.5. The molecular formula is C27H28Cl2IN3O4S. The van der Waals surface area contributed by atoms with Gasteiger partial charge in [0.25, 0.3) is 10.0 Å². The van der Waals surface area contributed by atoms with Crippen LogP contribution in [0.3, 0.4) is 0 Å². The molecule has 0 aliphatic rings. The molecule has 0 unspecified atom stereocenters. The number of hydrogen-bond acceptors (Lipinski definition) is 4. The second-order valence-corrected chi connectivity index (χ2v) is 12.3. The lowest BCUT2D eigenvalue weighted by Gasteiger charge is -2.33. The summed E-state index contributed by atoms with van der Waals surface area (Å²) in [5.74, 6) is -0.882. The van der Waals surface area contributed by atoms with E-state index in [4.69, 9.17) is 23.2 Å². The maximum absolute atomic E-state index is 13.9. The number of hydrogen-bond donors (Lipinski definition) is 1. The minimum absolute atomic E-state index is 0.00358. The van der Waals surface area contributed by atoms with Gasteiger partial charge in [0, 0.05) is 26.7 Å². The Hall–Kier alpha value is -2.34. The number of benzene rings is 3. The van der Waals surface area contributed by atoms with Crippen molar-refractivity contribution in [3.63, 3.8) is 0 Å². The van der Waals surface area contributed by atoms with Crippen molar-refractivity contribution in [2.24, 2.45) is 0 Å². The molecule has 0 radical (unpaired) electrons. The van der Waals surface area contributed by atoms with Crippen molar-refractivity contribution in [2.75, 3.05) is 17.4 Å². The number of carbonyl (C=O) groups excluding carboxylic acids is 2. The molecular weight excluding hydrogens is 660 g/mol. The Morgan fingerprint density at radius 1 is 0.974 bits per heavy atom. The second kappa shape index (κ2) is 13.6. The van der Waals surface area contributed by atoms with Crippen molar-refractivity contribution >= 4 is 73.3 Å². The lowest BCUT2D eigenvalue weighted by atomic mass is 10.1. The Morgan fingerprint density at radius 2 is 1.63 bits per heavy atom. The minimum atomic E-state index is -4.11. The first-order valence-corrected chi connectivity index (χ1v) is 15.2. The van der Waals surface area contributed by atoms with Crippen molar-refractivity contribution in [1.82, 2.24) is 10.2 Å². The SMILES string of the molecule is CCNC(=O)[C@H](CC)N(Cc1ccc(Cl)cc1Cl)C(=O)CN(c1ccc(I)cc1)S(=O)(=O)c1ccccc1. The van der Waals surface area contributed by atoms with Crippen molar-refractivity contribution in [1.29, 1.82) is 0 Å². The molecule has 11 heteroatoms. The number of nitrogens with zero attached hydrogens (tertiary/aromatic N) is 2. The van der Waals surface area contributed by atoms with Gasteiger partial charge in [0.2, 0.25) is 11.8 Å². The Bertz CT molecular complexity index is 1370. The number of anilines is 1. The number of rotatable bonds is 11. The van der Waals surface area contributed by atoms with Gasteiger partial charge in [-0.05, 0) is 90.0 Å². The Labute approximate surface area is 247 Å². The standard InChI is InChI=1S/C27H28Cl2IN3O4S/c1-3-25(27(35)31-4-2)32(17-19-10-11-20(28)16-24(19)29)26(34)18-33(22-14-12-21(30)13-15-22)38(36,37)23-8-6-5-7-9-23/h5-16,25H,3-4,17-18H2,1-2H3,(H,31,35)/t25-/m0/s1. The van der Waals surface area contributed by atoms with Gasteiger partial charge in [-0.15, -0.1) is 0 Å². The highest BCUT2D eigenvalue weighted by Gasteiger charge is 2.33. The first-order chi connectivity index (χ1) is 18.1. The fraction of sp³-hybridized carbons (Fsp3) is 0.259. The van der Waals surface area contributed by atoms with Crippen LogP contribution in [0.2, 0.25) is 10.0 Å². The maximum Gasteiger partial charge on any atom is 0.264 e. The molecule has 0 aliphatic heterocycles. The van der Waals surface area contributed by atoms with E-state index < -0.39 is 28.5 Å². The average Bonchev–Trinajstić information content (AvgIpc) is 2.89. The van der Waals surface area contributed by atoms with Crippen LogP contribution in [0.4, 0.5) is 5.69 Å². The Kier molecular flexibility index (Phi) is 10.8. The first kappa shape index (κ1) is 30.2. The number of halogens is 3. The third-order valence-electron chi connectivity index (χ3n) is 5.82. The van der Waals surface area contributed by atoms with Gasteiger partial charge in [0.15, 0.2) is 0 Å². The van der Waals surface area contributed by atoms with Crippen LogP contribution in [0, 0.1) is 3.57 Å². The van der Waals surface area contributed by atoms with E-state index in [1.807, 2.05) is 0 Å². The maximum atomic E-state index is 13.9. The Balaban J connectivity index is 2.06. The van der Waals surface area contributed by atoms with Gasteiger partial charge in [0.05, 0.1) is 10.6 Å². The van der Waals surface area contributed by atoms with Crippen LogP contribution >= 0.6 is 45.8 Å². The number of carbonyl (C=O) groups is 2. The number of sulfonamides is 1. The van der Waals surface area contributed by atoms with Crippen LogP contribution in [0.5, 0.6) is 0 Å². The van der Waals surface area contributed by atoms with Gasteiger partial charge in [-0.25, -0.2) is 8.42 Å². The zero-order chi connectivity index (χ0) is 27.9. The van der Waals surface area contributed by atoms with Crippen molar-refractivity contribution < 1.29 is 18.0 Å². The van der Waals surface area contributed by atoms with Gasteiger partial charge in [-0.3, -0.25) is 13.9 Å². The third-order valence-corrected chi connectivity index (χ3v) is 8.91. The summed E-state index contributed by atoms with van der Waals surface area (Å²) >= 11 is 14.6. The van der Waals surface area contributed by atoms with Crippen molar-refractivity contribution in [3.05, 3.63) is 92.0 Å². The molecule has 0 aliphatic carbocycles. The highest BCUT2D eigenvalue weighted by Crippen LogP contribution is 2.27. The summed E-state index contributed by atoms with van der Waals surface area (Å²) in [6, 6.07) is 18.8. The molecule has 202 valence electrons. The number of likely N-dealkylation sites (N-methyl/N-ethyl adjacent to an activating group) is 1. The van der Waals surface area contributed by atoms with Crippen LogP contribution in [0.1, 0.15) is 25.8 Å². The lowest BCUT2D eigenvalue weighted by Crippen LogP contribution is -2.52. The molecule has 0 fully saturated rings. The molecule has 3 rings (SSSR count). The molecule has 0 saturated carbocycles. The van der Waals surface area contributed by atoms with Crippen molar-refractivity contribution in [2.45, 2.75) is 37.8 Å². The number of amides is 2. The van der Waals surface area contributed by atoms with E-state index in [-0.39, 0.29) is 17.3 Å². The van der Waals surface area contributed by atoms with E-state index in [0.29, 0.717) is 34.3 Å². The molecule has 1 atom stereocenters. The second-order valence-electron chi connectivity index (χ2n) is 8.38. The molecule has 2 amide bonds. The summed E-state index contributed by atoms with van der Waals surface area (Å²) in [5, 5.41) is 3.55. The van der Waals surface area contributed by atoms with Gasteiger partial charge in [-0.1, -0.05) is 54.4 Å².